The van der Waals surface area contributed by atoms with Gasteiger partial charge in [-0.15, -0.1) is 0 Å². The van der Waals surface area contributed by atoms with E-state index in [1.165, 1.54) is 7.11 Å². The summed E-state index contributed by atoms with van der Waals surface area (Å²) >= 11 is 5.85. The lowest BCUT2D eigenvalue weighted by Gasteiger charge is -2.16. The summed E-state index contributed by atoms with van der Waals surface area (Å²) in [4.78, 5) is 24.9. The summed E-state index contributed by atoms with van der Waals surface area (Å²) in [7, 11) is 3.07. The van der Waals surface area contributed by atoms with Crippen molar-refractivity contribution in [1.29, 1.82) is 0 Å². The van der Waals surface area contributed by atoms with Crippen LogP contribution in [-0.4, -0.2) is 37.5 Å². The Kier molecular flexibility index (Phi) is 4.65. The number of amides is 1. The fourth-order valence-corrected chi connectivity index (χ4v) is 2.43. The molecule has 0 aliphatic heterocycles. The van der Waals surface area contributed by atoms with Crippen LogP contribution < -0.4 is 0 Å². The molecule has 5 heteroatoms. The van der Waals surface area contributed by atoms with Crippen molar-refractivity contribution in [1.82, 2.24) is 4.90 Å². The van der Waals surface area contributed by atoms with E-state index in [4.69, 9.17) is 11.6 Å². The van der Waals surface area contributed by atoms with Gasteiger partial charge in [-0.3, -0.25) is 9.59 Å². The van der Waals surface area contributed by atoms with E-state index in [1.54, 1.807) is 11.9 Å². The maximum Gasteiger partial charge on any atom is 0.307 e. The predicted molar refractivity (Wildman–Crippen MR) is 76.6 cm³/mol. The standard InChI is InChI=1S/C15H18ClNO3/c1-17(8-7-14(18)20-2)15(19)13-9-12(13)10-3-5-11(16)6-4-10/h3-6,12-13H,7-9H2,1-2H3/t12-,13-/m0/s1. The predicted octanol–water partition coefficient (Wildman–Crippen LogP) is 2.47. The first-order chi connectivity index (χ1) is 9.52. The highest BCUT2D eigenvalue weighted by atomic mass is 35.5. The van der Waals surface area contributed by atoms with Crippen LogP contribution in [0.4, 0.5) is 0 Å². The van der Waals surface area contributed by atoms with Crippen LogP contribution in [-0.2, 0) is 14.3 Å². The molecule has 1 aliphatic carbocycles. The van der Waals surface area contributed by atoms with Gasteiger partial charge in [-0.25, -0.2) is 0 Å². The minimum atomic E-state index is -0.297. The van der Waals surface area contributed by atoms with Gasteiger partial charge in [-0.05, 0) is 30.0 Å². The second-order valence-corrected chi connectivity index (χ2v) is 5.52. The third-order valence-corrected chi connectivity index (χ3v) is 3.91. The lowest BCUT2D eigenvalue weighted by molar-refractivity contribution is -0.141. The molecule has 2 rings (SSSR count). The van der Waals surface area contributed by atoms with Gasteiger partial charge in [-0.1, -0.05) is 23.7 Å². The van der Waals surface area contributed by atoms with Crippen LogP contribution >= 0.6 is 11.6 Å². The Bertz CT molecular complexity index is 500. The SMILES string of the molecule is COC(=O)CCN(C)C(=O)[C@H]1C[C@H]1c1ccc(Cl)cc1. The molecule has 20 heavy (non-hydrogen) atoms. The molecule has 1 aromatic carbocycles. The van der Waals surface area contributed by atoms with Gasteiger partial charge in [0.15, 0.2) is 0 Å². The van der Waals surface area contributed by atoms with Gasteiger partial charge in [0.05, 0.1) is 13.5 Å². The minimum Gasteiger partial charge on any atom is -0.469 e. The number of ether oxygens (including phenoxy) is 1. The quantitative estimate of drug-likeness (QED) is 0.784. The molecular weight excluding hydrogens is 278 g/mol. The highest BCUT2D eigenvalue weighted by Gasteiger charge is 2.45. The highest BCUT2D eigenvalue weighted by molar-refractivity contribution is 6.30. The van der Waals surface area contributed by atoms with Crippen LogP contribution in [0.3, 0.4) is 0 Å². The molecule has 0 spiro atoms. The van der Waals surface area contributed by atoms with E-state index in [0.717, 1.165) is 12.0 Å². The Morgan fingerprint density at radius 2 is 2.00 bits per heavy atom. The van der Waals surface area contributed by atoms with E-state index >= 15 is 0 Å². The summed E-state index contributed by atoms with van der Waals surface area (Å²) in [5.41, 5.74) is 1.15. The van der Waals surface area contributed by atoms with E-state index < -0.39 is 0 Å². The number of hydrogen-bond donors (Lipinski definition) is 0. The fourth-order valence-electron chi connectivity index (χ4n) is 2.30. The maximum atomic E-state index is 12.2. The first-order valence-corrected chi connectivity index (χ1v) is 6.98. The molecule has 1 amide bonds. The molecule has 0 aromatic heterocycles. The molecule has 1 fully saturated rings. The summed E-state index contributed by atoms with van der Waals surface area (Å²) < 4.78 is 4.57. The fraction of sp³-hybridized carbons (Fsp3) is 0.467. The molecule has 0 saturated heterocycles. The van der Waals surface area contributed by atoms with Crippen molar-refractivity contribution >= 4 is 23.5 Å². The third kappa shape index (κ3) is 3.51. The zero-order chi connectivity index (χ0) is 14.7. The summed E-state index contributed by atoms with van der Waals surface area (Å²) in [6, 6.07) is 7.62. The molecule has 0 bridgehead atoms. The van der Waals surface area contributed by atoms with Gasteiger partial charge in [0.25, 0.3) is 0 Å². The van der Waals surface area contributed by atoms with Gasteiger partial charge >= 0.3 is 5.97 Å². The van der Waals surface area contributed by atoms with E-state index in [2.05, 4.69) is 4.74 Å². The molecule has 108 valence electrons. The van der Waals surface area contributed by atoms with Gasteiger partial charge in [-0.2, -0.15) is 0 Å². The first kappa shape index (κ1) is 14.9. The van der Waals surface area contributed by atoms with Gasteiger partial charge in [0, 0.05) is 24.5 Å². The Hall–Kier alpha value is -1.55. The number of carbonyl (C=O) groups excluding carboxylic acids is 2. The smallest absolute Gasteiger partial charge is 0.307 e. The van der Waals surface area contributed by atoms with Crippen LogP contribution in [0.5, 0.6) is 0 Å². The minimum absolute atomic E-state index is 0.0267. The molecule has 0 heterocycles. The lowest BCUT2D eigenvalue weighted by Crippen LogP contribution is -2.30. The van der Waals surface area contributed by atoms with E-state index in [0.29, 0.717) is 11.6 Å². The van der Waals surface area contributed by atoms with Crippen molar-refractivity contribution in [3.63, 3.8) is 0 Å². The van der Waals surface area contributed by atoms with Crippen molar-refractivity contribution in [3.05, 3.63) is 34.9 Å². The molecule has 0 radical (unpaired) electrons. The Morgan fingerprint density at radius 1 is 1.35 bits per heavy atom. The van der Waals surface area contributed by atoms with Crippen molar-refractivity contribution in [2.75, 3.05) is 20.7 Å². The summed E-state index contributed by atoms with van der Waals surface area (Å²) in [6.07, 6.45) is 1.10. The largest absolute Gasteiger partial charge is 0.469 e. The number of hydrogen-bond acceptors (Lipinski definition) is 3. The number of esters is 1. The third-order valence-electron chi connectivity index (χ3n) is 3.66. The first-order valence-electron chi connectivity index (χ1n) is 6.60. The molecule has 4 nitrogen and oxygen atoms in total. The second kappa shape index (κ2) is 6.27. The number of benzene rings is 1. The van der Waals surface area contributed by atoms with E-state index in [9.17, 15) is 9.59 Å². The zero-order valence-corrected chi connectivity index (χ0v) is 12.4. The summed E-state index contributed by atoms with van der Waals surface area (Å²) in [6.45, 7) is 0.398. The number of rotatable bonds is 5. The summed E-state index contributed by atoms with van der Waals surface area (Å²) in [5, 5.41) is 0.701. The van der Waals surface area contributed by atoms with Crippen LogP contribution in [0.15, 0.2) is 24.3 Å². The van der Waals surface area contributed by atoms with Gasteiger partial charge < -0.3 is 9.64 Å². The van der Waals surface area contributed by atoms with Gasteiger partial charge in [0.2, 0.25) is 5.91 Å². The van der Waals surface area contributed by atoms with Crippen LogP contribution in [0.25, 0.3) is 0 Å². The Labute approximate surface area is 123 Å². The normalized spacial score (nSPS) is 20.4. The van der Waals surface area contributed by atoms with Crippen LogP contribution in [0.1, 0.15) is 24.3 Å². The highest BCUT2D eigenvalue weighted by Crippen LogP contribution is 2.48. The Balaban J connectivity index is 1.86. The van der Waals surface area contributed by atoms with Crippen LogP contribution in [0, 0.1) is 5.92 Å². The Morgan fingerprint density at radius 3 is 2.60 bits per heavy atom. The molecule has 0 N–H and O–H groups in total. The zero-order valence-electron chi connectivity index (χ0n) is 11.6. The number of nitrogens with zero attached hydrogens (tertiary/aromatic N) is 1. The van der Waals surface area contributed by atoms with E-state index in [1.807, 2.05) is 24.3 Å². The monoisotopic (exact) mass is 295 g/mol. The van der Waals surface area contributed by atoms with Crippen molar-refractivity contribution in [2.45, 2.75) is 18.8 Å². The molecule has 1 saturated carbocycles. The average molecular weight is 296 g/mol. The topological polar surface area (TPSA) is 46.6 Å². The maximum absolute atomic E-state index is 12.2. The van der Waals surface area contributed by atoms with Crippen LogP contribution in [0.2, 0.25) is 5.02 Å². The number of methoxy groups -OCH3 is 1. The van der Waals surface area contributed by atoms with Crippen molar-refractivity contribution < 1.29 is 14.3 Å². The van der Waals surface area contributed by atoms with Crippen molar-refractivity contribution in [3.8, 4) is 0 Å². The molecule has 1 aliphatic rings. The number of halogens is 1. The summed E-state index contributed by atoms with van der Waals surface area (Å²) in [5.74, 6) is 0.0997. The molecule has 2 atom stereocenters. The lowest BCUT2D eigenvalue weighted by atomic mass is 10.1. The van der Waals surface area contributed by atoms with Crippen molar-refractivity contribution in [2.24, 2.45) is 5.92 Å². The molecular formula is C15H18ClNO3. The van der Waals surface area contributed by atoms with E-state index in [-0.39, 0.29) is 30.1 Å². The average Bonchev–Trinajstić information content (AvgIpc) is 3.24. The number of carbonyl (C=O) groups is 2. The second-order valence-electron chi connectivity index (χ2n) is 5.09. The van der Waals surface area contributed by atoms with Gasteiger partial charge in [0.1, 0.15) is 0 Å². The molecule has 0 unspecified atom stereocenters. The molecule has 1 aromatic rings.